The second-order valence-corrected chi connectivity index (χ2v) is 5.78. The van der Waals surface area contributed by atoms with Gasteiger partial charge in [0.15, 0.2) is 0 Å². The number of hydrogen-bond acceptors (Lipinski definition) is 2. The number of aromatic nitrogens is 1. The first kappa shape index (κ1) is 12.1. The minimum Gasteiger partial charge on any atom is -0.264 e. The molecule has 0 atom stereocenters. The molecule has 3 rings (SSSR count). The van der Waals surface area contributed by atoms with Crippen molar-refractivity contribution in [1.29, 1.82) is 0 Å². The maximum absolute atomic E-state index is 4.21. The van der Waals surface area contributed by atoms with Crippen LogP contribution in [0, 0.1) is 13.8 Å². The Kier molecular flexibility index (Phi) is 3.18. The number of thiophene rings is 1. The van der Waals surface area contributed by atoms with Gasteiger partial charge in [-0.05, 0) is 53.6 Å². The van der Waals surface area contributed by atoms with E-state index < -0.39 is 0 Å². The van der Waals surface area contributed by atoms with Crippen LogP contribution in [0.4, 0.5) is 0 Å². The van der Waals surface area contributed by atoms with Crippen molar-refractivity contribution < 1.29 is 0 Å². The van der Waals surface area contributed by atoms with Gasteiger partial charge in [0.2, 0.25) is 0 Å². The van der Waals surface area contributed by atoms with E-state index in [2.05, 4.69) is 54.5 Å². The molecule has 3 aromatic rings. The summed E-state index contributed by atoms with van der Waals surface area (Å²) in [5, 5.41) is 2.23. The van der Waals surface area contributed by atoms with Gasteiger partial charge in [0.25, 0.3) is 0 Å². The molecule has 0 saturated heterocycles. The van der Waals surface area contributed by atoms with Crippen LogP contribution in [0.2, 0.25) is 0 Å². The summed E-state index contributed by atoms with van der Waals surface area (Å²) < 4.78 is 0. The summed E-state index contributed by atoms with van der Waals surface area (Å²) in [4.78, 5) is 5.56. The summed E-state index contributed by atoms with van der Waals surface area (Å²) in [5.74, 6) is 0. The van der Waals surface area contributed by atoms with Gasteiger partial charge in [-0.25, -0.2) is 0 Å². The molecular weight excluding hydrogens is 250 g/mol. The average Bonchev–Trinajstić information content (AvgIpc) is 2.86. The van der Waals surface area contributed by atoms with E-state index in [1.165, 1.54) is 32.7 Å². The summed E-state index contributed by atoms with van der Waals surface area (Å²) in [6, 6.07) is 12.8. The molecule has 0 spiro atoms. The molecule has 0 aliphatic carbocycles. The van der Waals surface area contributed by atoms with Crippen molar-refractivity contribution in [3.05, 3.63) is 64.6 Å². The van der Waals surface area contributed by atoms with Crippen LogP contribution in [0.1, 0.15) is 10.4 Å². The standard InChI is InChI=1S/C17H15NS/c1-12-9-15(11-19-12)17-7-3-6-16(13(17)2)14-5-4-8-18-10-14/h3-11H,1-2H3. The molecule has 0 fully saturated rings. The third-order valence-electron chi connectivity index (χ3n) is 3.35. The van der Waals surface area contributed by atoms with Gasteiger partial charge in [0.05, 0.1) is 0 Å². The third kappa shape index (κ3) is 2.32. The van der Waals surface area contributed by atoms with Gasteiger partial charge in [-0.3, -0.25) is 4.98 Å². The molecule has 1 aromatic carbocycles. The highest BCUT2D eigenvalue weighted by molar-refractivity contribution is 7.10. The predicted octanol–water partition coefficient (Wildman–Crippen LogP) is 5.09. The lowest BCUT2D eigenvalue weighted by Crippen LogP contribution is -1.87. The third-order valence-corrected chi connectivity index (χ3v) is 4.21. The van der Waals surface area contributed by atoms with E-state index in [1.54, 1.807) is 11.3 Å². The highest BCUT2D eigenvalue weighted by Crippen LogP contribution is 2.33. The summed E-state index contributed by atoms with van der Waals surface area (Å²) >= 11 is 1.80. The Morgan fingerprint density at radius 2 is 1.74 bits per heavy atom. The van der Waals surface area contributed by atoms with Gasteiger partial charge in [-0.15, -0.1) is 11.3 Å². The Bertz CT molecular complexity index is 698. The number of rotatable bonds is 2. The molecule has 19 heavy (non-hydrogen) atoms. The molecule has 0 unspecified atom stereocenters. The molecular formula is C17H15NS. The van der Waals surface area contributed by atoms with Crippen molar-refractivity contribution in [3.8, 4) is 22.3 Å². The van der Waals surface area contributed by atoms with Crippen molar-refractivity contribution in [3.63, 3.8) is 0 Å². The topological polar surface area (TPSA) is 12.9 Å². The van der Waals surface area contributed by atoms with E-state index in [-0.39, 0.29) is 0 Å². The first-order valence-electron chi connectivity index (χ1n) is 6.31. The Balaban J connectivity index is 2.14. The van der Waals surface area contributed by atoms with Crippen LogP contribution < -0.4 is 0 Å². The molecule has 94 valence electrons. The average molecular weight is 265 g/mol. The lowest BCUT2D eigenvalue weighted by atomic mass is 9.94. The van der Waals surface area contributed by atoms with Gasteiger partial charge in [0.1, 0.15) is 0 Å². The van der Waals surface area contributed by atoms with Crippen LogP contribution in [0.3, 0.4) is 0 Å². The molecule has 2 heteroatoms. The van der Waals surface area contributed by atoms with E-state index in [0.717, 1.165) is 0 Å². The second-order valence-electron chi connectivity index (χ2n) is 4.67. The van der Waals surface area contributed by atoms with E-state index in [1.807, 2.05) is 18.5 Å². The Hall–Kier alpha value is -1.93. The van der Waals surface area contributed by atoms with Crippen LogP contribution in [0.25, 0.3) is 22.3 Å². The number of pyridine rings is 1. The Labute approximate surface area is 117 Å². The van der Waals surface area contributed by atoms with Crippen LogP contribution in [0.15, 0.2) is 54.2 Å². The minimum absolute atomic E-state index is 1.17. The zero-order valence-corrected chi connectivity index (χ0v) is 11.9. The Morgan fingerprint density at radius 3 is 2.37 bits per heavy atom. The van der Waals surface area contributed by atoms with E-state index in [4.69, 9.17) is 0 Å². The molecule has 0 amide bonds. The first-order chi connectivity index (χ1) is 9.25. The molecule has 2 heterocycles. The molecule has 2 aromatic heterocycles. The zero-order valence-electron chi connectivity index (χ0n) is 11.1. The predicted molar refractivity (Wildman–Crippen MR) is 82.5 cm³/mol. The maximum atomic E-state index is 4.21. The van der Waals surface area contributed by atoms with Crippen LogP contribution >= 0.6 is 11.3 Å². The van der Waals surface area contributed by atoms with Gasteiger partial charge in [-0.2, -0.15) is 0 Å². The second kappa shape index (κ2) is 4.98. The monoisotopic (exact) mass is 265 g/mol. The number of nitrogens with zero attached hydrogens (tertiary/aromatic N) is 1. The molecule has 1 nitrogen and oxygen atoms in total. The first-order valence-corrected chi connectivity index (χ1v) is 7.19. The van der Waals surface area contributed by atoms with Gasteiger partial charge in [0, 0.05) is 22.8 Å². The maximum Gasteiger partial charge on any atom is 0.0346 e. The molecule has 0 bridgehead atoms. The van der Waals surface area contributed by atoms with Crippen molar-refractivity contribution in [2.45, 2.75) is 13.8 Å². The minimum atomic E-state index is 1.17. The lowest BCUT2D eigenvalue weighted by Gasteiger charge is -2.10. The van der Waals surface area contributed by atoms with E-state index >= 15 is 0 Å². The van der Waals surface area contributed by atoms with Gasteiger partial charge in [-0.1, -0.05) is 24.3 Å². The lowest BCUT2D eigenvalue weighted by molar-refractivity contribution is 1.32. The summed E-state index contributed by atoms with van der Waals surface area (Å²) in [6.45, 7) is 4.33. The zero-order chi connectivity index (χ0) is 13.2. The molecule has 0 saturated carbocycles. The highest BCUT2D eigenvalue weighted by atomic mass is 32.1. The fraction of sp³-hybridized carbons (Fsp3) is 0.118. The van der Waals surface area contributed by atoms with Crippen molar-refractivity contribution in [1.82, 2.24) is 4.98 Å². The van der Waals surface area contributed by atoms with Crippen LogP contribution in [-0.2, 0) is 0 Å². The molecule has 0 aliphatic rings. The largest absolute Gasteiger partial charge is 0.264 e. The van der Waals surface area contributed by atoms with Gasteiger partial charge < -0.3 is 0 Å². The smallest absolute Gasteiger partial charge is 0.0346 e. The molecule has 0 aliphatic heterocycles. The fourth-order valence-corrected chi connectivity index (χ4v) is 3.07. The summed E-state index contributed by atoms with van der Waals surface area (Å²) in [6.07, 6.45) is 3.73. The molecule has 0 N–H and O–H groups in total. The number of benzene rings is 1. The van der Waals surface area contributed by atoms with Crippen molar-refractivity contribution in [2.24, 2.45) is 0 Å². The summed E-state index contributed by atoms with van der Waals surface area (Å²) in [7, 11) is 0. The van der Waals surface area contributed by atoms with Crippen molar-refractivity contribution >= 4 is 11.3 Å². The molecule has 0 radical (unpaired) electrons. The normalized spacial score (nSPS) is 10.6. The SMILES string of the molecule is Cc1cc(-c2cccc(-c3cccnc3)c2C)cs1. The fourth-order valence-electron chi connectivity index (χ4n) is 2.37. The van der Waals surface area contributed by atoms with Crippen molar-refractivity contribution in [2.75, 3.05) is 0 Å². The van der Waals surface area contributed by atoms with E-state index in [0.29, 0.717) is 0 Å². The highest BCUT2D eigenvalue weighted by Gasteiger charge is 2.08. The summed E-state index contributed by atoms with van der Waals surface area (Å²) in [5.41, 5.74) is 6.37. The quantitative estimate of drug-likeness (QED) is 0.628. The Morgan fingerprint density at radius 1 is 0.947 bits per heavy atom. The van der Waals surface area contributed by atoms with Crippen LogP contribution in [0.5, 0.6) is 0 Å². The number of hydrogen-bond donors (Lipinski definition) is 0. The van der Waals surface area contributed by atoms with Gasteiger partial charge >= 0.3 is 0 Å². The van der Waals surface area contributed by atoms with Crippen LogP contribution in [-0.4, -0.2) is 4.98 Å². The van der Waals surface area contributed by atoms with E-state index in [9.17, 15) is 0 Å². The number of aryl methyl sites for hydroxylation is 1.